The van der Waals surface area contributed by atoms with Crippen LogP contribution >= 0.6 is 11.3 Å². The van der Waals surface area contributed by atoms with Crippen LogP contribution in [0.3, 0.4) is 0 Å². The average molecular weight is 319 g/mol. The molecule has 2 aromatic heterocycles. The number of aryl methyl sites for hydroxylation is 2. The molecule has 1 fully saturated rings. The fourth-order valence-electron chi connectivity index (χ4n) is 3.05. The van der Waals surface area contributed by atoms with Crippen molar-refractivity contribution in [3.8, 4) is 0 Å². The Hall–Kier alpha value is -1.66. The van der Waals surface area contributed by atoms with Gasteiger partial charge in [-0.25, -0.2) is 0 Å². The van der Waals surface area contributed by atoms with Crippen LogP contribution in [0.15, 0.2) is 17.5 Å². The molecule has 118 valence electrons. The van der Waals surface area contributed by atoms with Crippen molar-refractivity contribution in [3.63, 3.8) is 0 Å². The van der Waals surface area contributed by atoms with Crippen LogP contribution in [0.2, 0.25) is 0 Å². The highest BCUT2D eigenvalue weighted by Gasteiger charge is 2.34. The molecule has 0 aliphatic carbocycles. The largest absolute Gasteiger partial charge is 0.371 e. The van der Waals surface area contributed by atoms with Gasteiger partial charge in [-0.3, -0.25) is 9.48 Å². The zero-order valence-corrected chi connectivity index (χ0v) is 13.9. The van der Waals surface area contributed by atoms with Crippen LogP contribution in [0, 0.1) is 13.8 Å². The summed E-state index contributed by atoms with van der Waals surface area (Å²) < 4.78 is 7.77. The minimum atomic E-state index is -0.0963. The van der Waals surface area contributed by atoms with Gasteiger partial charge in [0.25, 0.3) is 0 Å². The minimum Gasteiger partial charge on any atom is -0.371 e. The number of hydrogen-bond acceptors (Lipinski definition) is 4. The number of thiophene rings is 1. The van der Waals surface area contributed by atoms with Gasteiger partial charge < -0.3 is 10.1 Å². The van der Waals surface area contributed by atoms with Crippen LogP contribution in [0.5, 0.6) is 0 Å². The van der Waals surface area contributed by atoms with Gasteiger partial charge in [0.1, 0.15) is 6.10 Å². The van der Waals surface area contributed by atoms with Crippen LogP contribution in [0.1, 0.15) is 34.4 Å². The third-order valence-corrected chi connectivity index (χ3v) is 5.08. The van der Waals surface area contributed by atoms with Gasteiger partial charge in [0.2, 0.25) is 5.91 Å². The van der Waals surface area contributed by atoms with E-state index in [1.165, 1.54) is 0 Å². The molecule has 1 aliphatic rings. The van der Waals surface area contributed by atoms with Crippen molar-refractivity contribution >= 4 is 17.2 Å². The molecule has 0 spiro atoms. The van der Waals surface area contributed by atoms with E-state index >= 15 is 0 Å². The highest BCUT2D eigenvalue weighted by Crippen LogP contribution is 2.33. The van der Waals surface area contributed by atoms with E-state index in [1.54, 1.807) is 11.3 Å². The summed E-state index contributed by atoms with van der Waals surface area (Å²) in [5, 5.41) is 9.58. The lowest BCUT2D eigenvalue weighted by atomic mass is 10.00. The molecule has 22 heavy (non-hydrogen) atoms. The van der Waals surface area contributed by atoms with Gasteiger partial charge in [-0.1, -0.05) is 6.07 Å². The zero-order chi connectivity index (χ0) is 15.7. The van der Waals surface area contributed by atoms with Crippen LogP contribution < -0.4 is 5.32 Å². The number of aromatic nitrogens is 2. The van der Waals surface area contributed by atoms with E-state index in [9.17, 15) is 4.79 Å². The molecule has 0 radical (unpaired) electrons. The first-order valence-corrected chi connectivity index (χ1v) is 8.37. The summed E-state index contributed by atoms with van der Waals surface area (Å²) in [6.45, 7) is 4.71. The number of hydrogen-bond donors (Lipinski definition) is 1. The number of amides is 1. The van der Waals surface area contributed by atoms with Crippen LogP contribution in [-0.4, -0.2) is 28.3 Å². The SMILES string of the molecule is Cc1nn(C)c(C)c1[C@H]1OCC[C@@H]1NC(=O)Cc1cccs1. The van der Waals surface area contributed by atoms with Gasteiger partial charge in [0.15, 0.2) is 0 Å². The van der Waals surface area contributed by atoms with Crippen LogP contribution in [-0.2, 0) is 23.0 Å². The fraction of sp³-hybridized carbons (Fsp3) is 0.500. The maximum absolute atomic E-state index is 12.2. The second-order valence-corrected chi connectivity index (χ2v) is 6.75. The van der Waals surface area contributed by atoms with Crippen molar-refractivity contribution < 1.29 is 9.53 Å². The third kappa shape index (κ3) is 2.94. The minimum absolute atomic E-state index is 0.0223. The van der Waals surface area contributed by atoms with Gasteiger partial charge >= 0.3 is 0 Å². The molecular weight excluding hydrogens is 298 g/mol. The Morgan fingerprint density at radius 3 is 3.00 bits per heavy atom. The maximum Gasteiger partial charge on any atom is 0.225 e. The summed E-state index contributed by atoms with van der Waals surface area (Å²) in [5.74, 6) is 0.0575. The lowest BCUT2D eigenvalue weighted by Crippen LogP contribution is -2.37. The average Bonchev–Trinajstić information content (AvgIpc) is 3.15. The zero-order valence-electron chi connectivity index (χ0n) is 13.1. The molecule has 2 aromatic rings. The quantitative estimate of drug-likeness (QED) is 0.941. The first-order valence-electron chi connectivity index (χ1n) is 7.49. The van der Waals surface area contributed by atoms with Crippen molar-refractivity contribution in [1.82, 2.24) is 15.1 Å². The Labute approximate surface area is 134 Å². The van der Waals surface area contributed by atoms with E-state index in [0.29, 0.717) is 13.0 Å². The van der Waals surface area contributed by atoms with Crippen molar-refractivity contribution in [2.45, 2.75) is 38.8 Å². The second-order valence-electron chi connectivity index (χ2n) is 5.72. The molecule has 1 aliphatic heterocycles. The Kier molecular flexibility index (Phi) is 4.31. The number of nitrogens with zero attached hydrogens (tertiary/aromatic N) is 2. The lowest BCUT2D eigenvalue weighted by Gasteiger charge is -2.20. The molecule has 0 unspecified atom stereocenters. The summed E-state index contributed by atoms with van der Waals surface area (Å²) >= 11 is 1.61. The monoisotopic (exact) mass is 319 g/mol. The predicted molar refractivity (Wildman–Crippen MR) is 85.9 cm³/mol. The predicted octanol–water partition coefficient (Wildman–Crippen LogP) is 2.29. The molecule has 1 saturated heterocycles. The highest BCUT2D eigenvalue weighted by molar-refractivity contribution is 7.10. The van der Waals surface area contributed by atoms with Gasteiger partial charge in [-0.05, 0) is 31.7 Å². The number of carbonyl (C=O) groups is 1. The van der Waals surface area contributed by atoms with Crippen LogP contribution in [0.4, 0.5) is 0 Å². The van der Waals surface area contributed by atoms with Gasteiger partial charge in [-0.2, -0.15) is 5.10 Å². The van der Waals surface area contributed by atoms with E-state index in [4.69, 9.17) is 4.74 Å². The Morgan fingerprint density at radius 2 is 2.36 bits per heavy atom. The molecule has 0 saturated carbocycles. The number of nitrogens with one attached hydrogen (secondary N) is 1. The van der Waals surface area contributed by atoms with Crippen molar-refractivity contribution in [3.05, 3.63) is 39.3 Å². The summed E-state index contributed by atoms with van der Waals surface area (Å²) in [6.07, 6.45) is 1.18. The summed E-state index contributed by atoms with van der Waals surface area (Å²) in [7, 11) is 1.94. The van der Waals surface area contributed by atoms with Crippen molar-refractivity contribution in [2.75, 3.05) is 6.61 Å². The van der Waals surface area contributed by atoms with E-state index < -0.39 is 0 Å². The van der Waals surface area contributed by atoms with E-state index in [0.717, 1.165) is 28.2 Å². The lowest BCUT2D eigenvalue weighted by molar-refractivity contribution is -0.121. The number of carbonyl (C=O) groups excluding carboxylic acids is 1. The molecule has 2 atom stereocenters. The first-order chi connectivity index (χ1) is 10.6. The van der Waals surface area contributed by atoms with Crippen molar-refractivity contribution in [2.24, 2.45) is 7.05 Å². The molecule has 0 aromatic carbocycles. The van der Waals surface area contributed by atoms with Crippen LogP contribution in [0.25, 0.3) is 0 Å². The molecule has 1 amide bonds. The smallest absolute Gasteiger partial charge is 0.225 e. The van der Waals surface area contributed by atoms with Crippen molar-refractivity contribution in [1.29, 1.82) is 0 Å². The number of ether oxygens (including phenoxy) is 1. The maximum atomic E-state index is 12.2. The fourth-order valence-corrected chi connectivity index (χ4v) is 3.76. The summed E-state index contributed by atoms with van der Waals surface area (Å²) in [6, 6.07) is 3.98. The molecule has 3 rings (SSSR count). The highest BCUT2D eigenvalue weighted by atomic mass is 32.1. The molecule has 6 heteroatoms. The molecule has 5 nitrogen and oxygen atoms in total. The van der Waals surface area contributed by atoms with E-state index in [2.05, 4.69) is 10.4 Å². The Bertz CT molecular complexity index is 663. The van der Waals surface area contributed by atoms with Gasteiger partial charge in [-0.15, -0.1) is 11.3 Å². The molecule has 1 N–H and O–H groups in total. The Morgan fingerprint density at radius 1 is 1.55 bits per heavy atom. The van der Waals surface area contributed by atoms with E-state index in [-0.39, 0.29) is 18.1 Å². The second kappa shape index (κ2) is 6.22. The normalized spacial score (nSPS) is 21.2. The molecular formula is C16H21N3O2S. The first kappa shape index (κ1) is 15.2. The van der Waals surface area contributed by atoms with E-state index in [1.807, 2.05) is 43.1 Å². The molecule has 0 bridgehead atoms. The Balaban J connectivity index is 1.72. The standard InChI is InChI=1S/C16H21N3O2S/c1-10-15(11(2)19(3)18-10)16-13(6-7-21-16)17-14(20)9-12-5-4-8-22-12/h4-5,8,13,16H,6-7,9H2,1-3H3,(H,17,20)/t13-,16-/m0/s1. The summed E-state index contributed by atoms with van der Waals surface area (Å²) in [5.41, 5.74) is 3.19. The molecule has 3 heterocycles. The van der Waals surface area contributed by atoms with Gasteiger partial charge in [0.05, 0.1) is 18.2 Å². The third-order valence-electron chi connectivity index (χ3n) is 4.20. The number of rotatable bonds is 4. The topological polar surface area (TPSA) is 56.1 Å². The van der Waals surface area contributed by atoms with Gasteiger partial charge in [0, 0.05) is 29.8 Å². The summed E-state index contributed by atoms with van der Waals surface area (Å²) in [4.78, 5) is 13.3.